The van der Waals surface area contributed by atoms with Crippen molar-refractivity contribution < 1.29 is 23.8 Å². The molecule has 0 aliphatic carbocycles. The Labute approximate surface area is 153 Å². The highest BCUT2D eigenvalue weighted by Gasteiger charge is 2.35. The average molecular weight is 499 g/mol. The number of amides is 1. The van der Waals surface area contributed by atoms with E-state index in [0.717, 1.165) is 0 Å². The summed E-state index contributed by atoms with van der Waals surface area (Å²) in [5, 5.41) is 11.7. The van der Waals surface area contributed by atoms with Crippen LogP contribution in [-0.4, -0.2) is 48.7 Å². The number of aliphatic hydroxyl groups excluding tert-OH is 1. The number of anilines is 1. The van der Waals surface area contributed by atoms with Crippen molar-refractivity contribution in [2.75, 3.05) is 32.1 Å². The second-order valence-electron chi connectivity index (χ2n) is 4.64. The van der Waals surface area contributed by atoms with Crippen LogP contribution in [-0.2, 0) is 14.3 Å². The Morgan fingerprint density at radius 2 is 2.26 bits per heavy atom. The largest absolute Gasteiger partial charge is 0.466 e. The van der Waals surface area contributed by atoms with Gasteiger partial charge in [-0.1, -0.05) is 0 Å². The van der Waals surface area contributed by atoms with Gasteiger partial charge in [0.2, 0.25) is 0 Å². The Balaban J connectivity index is 2.43. The molecule has 1 aromatic carbocycles. The minimum atomic E-state index is -0.674. The molecule has 1 aliphatic rings. The van der Waals surface area contributed by atoms with Crippen molar-refractivity contribution in [3.8, 4) is 0 Å². The molecule has 23 heavy (non-hydrogen) atoms. The summed E-state index contributed by atoms with van der Waals surface area (Å²) in [6.45, 7) is -0.167. The number of benzene rings is 1. The van der Waals surface area contributed by atoms with Gasteiger partial charge in [-0.05, 0) is 50.7 Å². The molecular formula is C14H13BrFIN2O4. The number of rotatable bonds is 5. The molecule has 0 spiro atoms. The topological polar surface area (TPSA) is 78.9 Å². The van der Waals surface area contributed by atoms with Gasteiger partial charge in [0.05, 0.1) is 36.0 Å². The van der Waals surface area contributed by atoms with E-state index in [1.54, 1.807) is 12.1 Å². The first-order valence-corrected chi connectivity index (χ1v) is 8.40. The van der Waals surface area contributed by atoms with Crippen molar-refractivity contribution in [1.82, 2.24) is 4.90 Å². The third-order valence-corrected chi connectivity index (χ3v) is 4.76. The molecule has 2 N–H and O–H groups in total. The summed E-state index contributed by atoms with van der Waals surface area (Å²) in [6.07, 6.45) is 0. The quantitative estimate of drug-likeness (QED) is 0.368. The van der Waals surface area contributed by atoms with Gasteiger partial charge in [0.15, 0.2) is 5.82 Å². The lowest BCUT2D eigenvalue weighted by molar-refractivity contribution is -0.136. The summed E-state index contributed by atoms with van der Waals surface area (Å²) in [5.41, 5.74) is 0.150. The van der Waals surface area contributed by atoms with Crippen LogP contribution in [0.3, 0.4) is 0 Å². The number of carbonyl (C=O) groups is 2. The molecular weight excluding hydrogens is 486 g/mol. The maximum absolute atomic E-state index is 14.3. The molecule has 0 fully saturated rings. The molecule has 0 saturated heterocycles. The van der Waals surface area contributed by atoms with Gasteiger partial charge < -0.3 is 20.1 Å². The van der Waals surface area contributed by atoms with Crippen LogP contribution in [0, 0.1) is 9.39 Å². The van der Waals surface area contributed by atoms with E-state index in [2.05, 4.69) is 26.0 Å². The standard InChI is InChI=1S/C14H13BrFIN2O4/c1-23-14(22)7-6-19(4-5-20)13(21)11(7)18-12-9(17)3-2-8(15)10(12)16/h2-3,18,20H,4-6H2,1H3. The molecule has 9 heteroatoms. The Morgan fingerprint density at radius 3 is 2.87 bits per heavy atom. The summed E-state index contributed by atoms with van der Waals surface area (Å²) in [4.78, 5) is 25.6. The zero-order valence-electron chi connectivity index (χ0n) is 12.0. The second-order valence-corrected chi connectivity index (χ2v) is 6.66. The van der Waals surface area contributed by atoms with Gasteiger partial charge in [-0.3, -0.25) is 4.79 Å². The summed E-state index contributed by atoms with van der Waals surface area (Å²) in [7, 11) is 1.20. The summed E-state index contributed by atoms with van der Waals surface area (Å²) in [6, 6.07) is 3.21. The zero-order chi connectivity index (χ0) is 17.1. The maximum atomic E-state index is 14.3. The number of methoxy groups -OCH3 is 1. The van der Waals surface area contributed by atoms with Crippen molar-refractivity contribution in [3.63, 3.8) is 0 Å². The van der Waals surface area contributed by atoms with E-state index in [9.17, 15) is 14.0 Å². The highest BCUT2D eigenvalue weighted by Crippen LogP contribution is 2.31. The summed E-state index contributed by atoms with van der Waals surface area (Å²) < 4.78 is 19.7. The lowest BCUT2D eigenvalue weighted by Gasteiger charge is -2.15. The van der Waals surface area contributed by atoms with E-state index >= 15 is 0 Å². The molecule has 0 atom stereocenters. The molecule has 1 aromatic rings. The monoisotopic (exact) mass is 498 g/mol. The van der Waals surface area contributed by atoms with E-state index < -0.39 is 17.7 Å². The van der Waals surface area contributed by atoms with Crippen LogP contribution in [0.25, 0.3) is 0 Å². The molecule has 1 aliphatic heterocycles. The van der Waals surface area contributed by atoms with Crippen LogP contribution in [0.15, 0.2) is 27.9 Å². The fourth-order valence-corrected chi connectivity index (χ4v) is 3.00. The van der Waals surface area contributed by atoms with Crippen molar-refractivity contribution in [2.24, 2.45) is 0 Å². The van der Waals surface area contributed by atoms with Crippen LogP contribution in [0.4, 0.5) is 10.1 Å². The summed E-state index contributed by atoms with van der Waals surface area (Å²) >= 11 is 5.01. The van der Waals surface area contributed by atoms with Crippen LogP contribution in [0.1, 0.15) is 0 Å². The lowest BCUT2D eigenvalue weighted by Crippen LogP contribution is -2.31. The number of hydrogen-bond acceptors (Lipinski definition) is 5. The van der Waals surface area contributed by atoms with Gasteiger partial charge in [-0.2, -0.15) is 0 Å². The Kier molecular flexibility index (Phi) is 5.98. The predicted molar refractivity (Wildman–Crippen MR) is 93.1 cm³/mol. The van der Waals surface area contributed by atoms with Gasteiger partial charge in [0.25, 0.3) is 5.91 Å². The SMILES string of the molecule is COC(=O)C1=C(Nc2c(I)ccc(Br)c2F)C(=O)N(CCO)C1. The fraction of sp³-hybridized carbons (Fsp3) is 0.286. The number of aliphatic hydroxyl groups is 1. The highest BCUT2D eigenvalue weighted by atomic mass is 127. The Morgan fingerprint density at radius 1 is 1.57 bits per heavy atom. The number of nitrogens with zero attached hydrogens (tertiary/aromatic N) is 1. The first-order chi connectivity index (χ1) is 10.9. The summed E-state index contributed by atoms with van der Waals surface area (Å²) in [5.74, 6) is -1.73. The number of nitrogens with one attached hydrogen (secondary N) is 1. The predicted octanol–water partition coefficient (Wildman–Crippen LogP) is 1.87. The van der Waals surface area contributed by atoms with Crippen LogP contribution >= 0.6 is 38.5 Å². The third kappa shape index (κ3) is 3.66. The van der Waals surface area contributed by atoms with Crippen molar-refractivity contribution in [3.05, 3.63) is 37.3 Å². The van der Waals surface area contributed by atoms with Gasteiger partial charge >= 0.3 is 5.97 Å². The molecule has 0 aromatic heterocycles. The molecule has 124 valence electrons. The van der Waals surface area contributed by atoms with Crippen LogP contribution < -0.4 is 5.32 Å². The fourth-order valence-electron chi connectivity index (χ4n) is 2.12. The van der Waals surface area contributed by atoms with Crippen molar-refractivity contribution in [1.29, 1.82) is 0 Å². The molecule has 0 unspecified atom stereocenters. The van der Waals surface area contributed by atoms with E-state index in [4.69, 9.17) is 5.11 Å². The minimum Gasteiger partial charge on any atom is -0.466 e. The van der Waals surface area contributed by atoms with Crippen molar-refractivity contribution >= 4 is 56.1 Å². The van der Waals surface area contributed by atoms with Gasteiger partial charge in [-0.25, -0.2) is 9.18 Å². The average Bonchev–Trinajstić information content (AvgIpc) is 2.84. The smallest absolute Gasteiger partial charge is 0.337 e. The Hall–Kier alpha value is -1.20. The van der Waals surface area contributed by atoms with Gasteiger partial charge in [0, 0.05) is 10.1 Å². The Bertz CT molecular complexity index is 696. The number of ether oxygens (including phenoxy) is 1. The normalized spacial score (nSPS) is 14.5. The molecule has 6 nitrogen and oxygen atoms in total. The minimum absolute atomic E-state index is 0.000597. The molecule has 1 heterocycles. The number of halogens is 3. The van der Waals surface area contributed by atoms with E-state index in [0.29, 0.717) is 3.57 Å². The van der Waals surface area contributed by atoms with Gasteiger partial charge in [-0.15, -0.1) is 0 Å². The zero-order valence-corrected chi connectivity index (χ0v) is 15.8. The molecule has 2 rings (SSSR count). The number of β-amino-alcohol motifs (C(OH)–C–C–N with tert-alkyl or cyclic N) is 1. The van der Waals surface area contributed by atoms with Crippen molar-refractivity contribution in [2.45, 2.75) is 0 Å². The van der Waals surface area contributed by atoms with Crippen LogP contribution in [0.5, 0.6) is 0 Å². The first-order valence-electron chi connectivity index (χ1n) is 6.52. The maximum Gasteiger partial charge on any atom is 0.337 e. The first kappa shape index (κ1) is 18.1. The van der Waals surface area contributed by atoms with E-state index in [-0.39, 0.29) is 41.1 Å². The number of hydrogen-bond donors (Lipinski definition) is 2. The third-order valence-electron chi connectivity index (χ3n) is 3.25. The lowest BCUT2D eigenvalue weighted by atomic mass is 10.2. The number of carbonyl (C=O) groups excluding carboxylic acids is 2. The highest BCUT2D eigenvalue weighted by molar-refractivity contribution is 14.1. The van der Waals surface area contributed by atoms with E-state index in [1.165, 1.54) is 12.0 Å². The molecule has 1 amide bonds. The van der Waals surface area contributed by atoms with Gasteiger partial charge in [0.1, 0.15) is 5.70 Å². The molecule has 0 saturated carbocycles. The molecule has 0 radical (unpaired) electrons. The van der Waals surface area contributed by atoms with Crippen LogP contribution in [0.2, 0.25) is 0 Å². The van der Waals surface area contributed by atoms with E-state index in [1.807, 2.05) is 22.6 Å². The molecule has 0 bridgehead atoms. The number of esters is 1. The second kappa shape index (κ2) is 7.58.